The van der Waals surface area contributed by atoms with Gasteiger partial charge in [0.05, 0.1) is 19.6 Å². The molecule has 3 nitrogen and oxygen atoms in total. The van der Waals surface area contributed by atoms with Crippen molar-refractivity contribution in [2.24, 2.45) is 13.0 Å². The number of benzene rings is 1. The molecule has 1 saturated heterocycles. The van der Waals surface area contributed by atoms with Gasteiger partial charge in [-0.15, -0.1) is 0 Å². The van der Waals surface area contributed by atoms with Crippen LogP contribution < -0.4 is 0 Å². The summed E-state index contributed by atoms with van der Waals surface area (Å²) in [6.45, 7) is 2.40. The molecule has 0 amide bonds. The molecular formula is C18H23F3N2O. The SMILES string of the molecule is Cn1ccc2cc(CC3COCCN(CCC(F)(F)F)C3)ccc21. The Morgan fingerprint density at radius 3 is 2.88 bits per heavy atom. The van der Waals surface area contributed by atoms with Crippen molar-refractivity contribution in [1.29, 1.82) is 0 Å². The van der Waals surface area contributed by atoms with Gasteiger partial charge in [0, 0.05) is 38.4 Å². The Bertz CT molecular complexity index is 680. The Morgan fingerprint density at radius 1 is 1.25 bits per heavy atom. The van der Waals surface area contributed by atoms with Crippen LogP contribution in [0.3, 0.4) is 0 Å². The van der Waals surface area contributed by atoms with E-state index in [1.807, 2.05) is 18.1 Å². The number of alkyl halides is 3. The predicted molar refractivity (Wildman–Crippen MR) is 88.0 cm³/mol. The fourth-order valence-electron chi connectivity index (χ4n) is 3.36. The quantitative estimate of drug-likeness (QED) is 0.846. The van der Waals surface area contributed by atoms with Gasteiger partial charge in [0.2, 0.25) is 0 Å². The third-order valence-electron chi connectivity index (χ3n) is 4.61. The predicted octanol–water partition coefficient (Wildman–Crippen LogP) is 3.62. The van der Waals surface area contributed by atoms with Crippen LogP contribution in [0.4, 0.5) is 13.2 Å². The van der Waals surface area contributed by atoms with Crippen LogP contribution in [0, 0.1) is 5.92 Å². The van der Waals surface area contributed by atoms with Gasteiger partial charge in [-0.1, -0.05) is 6.07 Å². The topological polar surface area (TPSA) is 17.4 Å². The van der Waals surface area contributed by atoms with Gasteiger partial charge in [0.1, 0.15) is 0 Å². The van der Waals surface area contributed by atoms with Gasteiger partial charge < -0.3 is 14.2 Å². The number of hydrogen-bond acceptors (Lipinski definition) is 2. The summed E-state index contributed by atoms with van der Waals surface area (Å²) in [6, 6.07) is 8.45. The highest BCUT2D eigenvalue weighted by Gasteiger charge is 2.29. The monoisotopic (exact) mass is 340 g/mol. The zero-order valence-corrected chi connectivity index (χ0v) is 13.9. The molecule has 3 rings (SSSR count). The maximum atomic E-state index is 12.4. The van der Waals surface area contributed by atoms with Gasteiger partial charge in [0.15, 0.2) is 0 Å². The van der Waals surface area contributed by atoms with E-state index in [-0.39, 0.29) is 12.5 Å². The van der Waals surface area contributed by atoms with E-state index >= 15 is 0 Å². The Morgan fingerprint density at radius 2 is 2.08 bits per heavy atom. The highest BCUT2D eigenvalue weighted by atomic mass is 19.4. The van der Waals surface area contributed by atoms with Crippen molar-refractivity contribution in [3.63, 3.8) is 0 Å². The van der Waals surface area contributed by atoms with Crippen molar-refractivity contribution in [1.82, 2.24) is 9.47 Å². The van der Waals surface area contributed by atoms with E-state index in [1.54, 1.807) is 0 Å². The number of aromatic nitrogens is 1. The molecule has 24 heavy (non-hydrogen) atoms. The molecule has 1 aromatic carbocycles. The van der Waals surface area contributed by atoms with Crippen molar-refractivity contribution >= 4 is 10.9 Å². The molecule has 0 bridgehead atoms. The number of rotatable bonds is 4. The number of aryl methyl sites for hydroxylation is 1. The van der Waals surface area contributed by atoms with Crippen LogP contribution in [0.1, 0.15) is 12.0 Å². The summed E-state index contributed by atoms with van der Waals surface area (Å²) in [5.74, 6) is 0.224. The molecule has 0 saturated carbocycles. The molecule has 2 heterocycles. The molecule has 1 aliphatic heterocycles. The summed E-state index contributed by atoms with van der Waals surface area (Å²) in [4.78, 5) is 1.88. The normalized spacial score (nSPS) is 20.4. The minimum absolute atomic E-state index is 0.0566. The number of ether oxygens (including phenoxy) is 1. The molecule has 1 atom stereocenters. The average molecular weight is 340 g/mol. The van der Waals surface area contributed by atoms with E-state index < -0.39 is 12.6 Å². The van der Waals surface area contributed by atoms with Crippen LogP contribution in [0.25, 0.3) is 10.9 Å². The maximum absolute atomic E-state index is 12.4. The molecule has 2 aromatic rings. The van der Waals surface area contributed by atoms with Crippen molar-refractivity contribution < 1.29 is 17.9 Å². The van der Waals surface area contributed by atoms with Gasteiger partial charge in [-0.3, -0.25) is 0 Å². The first-order valence-corrected chi connectivity index (χ1v) is 8.31. The van der Waals surface area contributed by atoms with E-state index in [1.165, 1.54) is 16.5 Å². The van der Waals surface area contributed by atoms with E-state index in [2.05, 4.69) is 28.8 Å². The van der Waals surface area contributed by atoms with Crippen LogP contribution in [-0.2, 0) is 18.2 Å². The van der Waals surface area contributed by atoms with Gasteiger partial charge in [-0.25, -0.2) is 0 Å². The van der Waals surface area contributed by atoms with Gasteiger partial charge in [0.25, 0.3) is 0 Å². The first-order chi connectivity index (χ1) is 11.4. The summed E-state index contributed by atoms with van der Waals surface area (Å²) in [5, 5.41) is 1.19. The lowest BCUT2D eigenvalue weighted by Gasteiger charge is -2.24. The van der Waals surface area contributed by atoms with E-state index in [0.717, 1.165) is 6.42 Å². The molecule has 0 radical (unpaired) electrons. The standard InChI is InChI=1S/C18H23F3N2O/c1-22-6-4-16-11-14(2-3-17(16)22)10-15-12-23(8-9-24-13-15)7-5-18(19,20)21/h2-4,6,11,15H,5,7-10,12-13H2,1H3. The zero-order chi connectivity index (χ0) is 17.2. The lowest BCUT2D eigenvalue weighted by Crippen LogP contribution is -2.33. The molecule has 0 aliphatic carbocycles. The molecular weight excluding hydrogens is 317 g/mol. The first-order valence-electron chi connectivity index (χ1n) is 8.31. The average Bonchev–Trinajstić information content (AvgIpc) is 2.74. The third kappa shape index (κ3) is 4.51. The Kier molecular flexibility index (Phi) is 5.15. The van der Waals surface area contributed by atoms with E-state index in [9.17, 15) is 13.2 Å². The number of halogens is 3. The second-order valence-electron chi connectivity index (χ2n) is 6.63. The maximum Gasteiger partial charge on any atom is 0.390 e. The Hall–Kier alpha value is -1.53. The number of hydrogen-bond donors (Lipinski definition) is 0. The molecule has 1 unspecified atom stereocenters. The fraction of sp³-hybridized carbons (Fsp3) is 0.556. The summed E-state index contributed by atoms with van der Waals surface area (Å²) < 4.78 is 45.0. The molecule has 6 heteroatoms. The fourth-order valence-corrected chi connectivity index (χ4v) is 3.36. The lowest BCUT2D eigenvalue weighted by atomic mass is 9.98. The van der Waals surface area contributed by atoms with Gasteiger partial charge >= 0.3 is 6.18 Å². The number of fused-ring (bicyclic) bond motifs is 1. The van der Waals surface area contributed by atoms with E-state index in [0.29, 0.717) is 26.3 Å². The molecule has 1 aliphatic rings. The molecule has 0 N–H and O–H groups in total. The minimum atomic E-state index is -4.10. The summed E-state index contributed by atoms with van der Waals surface area (Å²) >= 11 is 0. The third-order valence-corrected chi connectivity index (χ3v) is 4.61. The highest BCUT2D eigenvalue weighted by Crippen LogP contribution is 2.22. The first kappa shape index (κ1) is 17.3. The van der Waals surface area contributed by atoms with E-state index in [4.69, 9.17) is 4.74 Å². The highest BCUT2D eigenvalue weighted by molar-refractivity contribution is 5.80. The summed E-state index contributed by atoms with van der Waals surface area (Å²) in [7, 11) is 2.01. The molecule has 0 spiro atoms. The zero-order valence-electron chi connectivity index (χ0n) is 13.9. The smallest absolute Gasteiger partial charge is 0.380 e. The van der Waals surface area contributed by atoms with Crippen LogP contribution in [-0.4, -0.2) is 48.5 Å². The Labute approximate surface area is 140 Å². The second kappa shape index (κ2) is 7.15. The second-order valence-corrected chi connectivity index (χ2v) is 6.63. The summed E-state index contributed by atoms with van der Waals surface area (Å²) in [6.07, 6.45) is -1.99. The van der Waals surface area contributed by atoms with Gasteiger partial charge in [-0.2, -0.15) is 13.2 Å². The van der Waals surface area contributed by atoms with Gasteiger partial charge in [-0.05, 0) is 41.5 Å². The largest absolute Gasteiger partial charge is 0.390 e. The van der Waals surface area contributed by atoms with Crippen LogP contribution in [0.5, 0.6) is 0 Å². The Balaban J connectivity index is 1.63. The van der Waals surface area contributed by atoms with Crippen LogP contribution >= 0.6 is 0 Å². The summed E-state index contributed by atoms with van der Waals surface area (Å²) in [5.41, 5.74) is 2.39. The molecule has 132 valence electrons. The molecule has 1 aromatic heterocycles. The van der Waals surface area contributed by atoms with Crippen molar-refractivity contribution in [3.8, 4) is 0 Å². The number of nitrogens with zero attached hydrogens (tertiary/aromatic N) is 2. The van der Waals surface area contributed by atoms with Crippen molar-refractivity contribution in [2.45, 2.75) is 19.0 Å². The van der Waals surface area contributed by atoms with Crippen LogP contribution in [0.15, 0.2) is 30.5 Å². The van der Waals surface area contributed by atoms with Crippen molar-refractivity contribution in [3.05, 3.63) is 36.0 Å². The molecule has 1 fully saturated rings. The lowest BCUT2D eigenvalue weighted by molar-refractivity contribution is -0.138. The van der Waals surface area contributed by atoms with Crippen LogP contribution in [0.2, 0.25) is 0 Å². The minimum Gasteiger partial charge on any atom is -0.380 e. The van der Waals surface area contributed by atoms with Crippen molar-refractivity contribution in [2.75, 3.05) is 32.8 Å².